The van der Waals surface area contributed by atoms with Crippen molar-refractivity contribution in [1.29, 1.82) is 0 Å². The number of amides is 1. The number of halogens is 2. The van der Waals surface area contributed by atoms with Crippen LogP contribution in [0.4, 0.5) is 20.3 Å². The molecule has 3 aromatic rings. The quantitative estimate of drug-likeness (QED) is 0.379. The van der Waals surface area contributed by atoms with Gasteiger partial charge in [0.05, 0.1) is 24.1 Å². The maximum absolute atomic E-state index is 15.4. The highest BCUT2D eigenvalue weighted by Crippen LogP contribution is 2.39. The van der Waals surface area contributed by atoms with Gasteiger partial charge in [-0.25, -0.2) is 22.2 Å². The first kappa shape index (κ1) is 26.1. The SMILES string of the molecule is CCCS(=O)(=O)Nc1ccc(F)c(-c2cc3cnc(NC[C@H](C)NC(C)=O)cc3cc2OC)c1F. The summed E-state index contributed by atoms with van der Waals surface area (Å²) < 4.78 is 62.0. The highest BCUT2D eigenvalue weighted by Gasteiger charge is 2.22. The Morgan fingerprint density at radius 2 is 1.91 bits per heavy atom. The zero-order chi connectivity index (χ0) is 25.8. The molecule has 188 valence electrons. The van der Waals surface area contributed by atoms with Gasteiger partial charge >= 0.3 is 0 Å². The van der Waals surface area contributed by atoms with Crippen LogP contribution >= 0.6 is 0 Å². The number of hydrogen-bond donors (Lipinski definition) is 3. The van der Waals surface area contributed by atoms with Crippen molar-refractivity contribution in [2.45, 2.75) is 33.2 Å². The number of carbonyl (C=O) groups excluding carboxylic acids is 1. The number of sulfonamides is 1. The highest BCUT2D eigenvalue weighted by atomic mass is 32.2. The Bertz CT molecular complexity index is 1350. The first-order valence-corrected chi connectivity index (χ1v) is 12.7. The fourth-order valence-electron chi connectivity index (χ4n) is 3.65. The minimum Gasteiger partial charge on any atom is -0.496 e. The van der Waals surface area contributed by atoms with Crippen molar-refractivity contribution in [1.82, 2.24) is 10.3 Å². The van der Waals surface area contributed by atoms with Crippen molar-refractivity contribution in [2.75, 3.05) is 29.4 Å². The van der Waals surface area contributed by atoms with Gasteiger partial charge in [0.15, 0.2) is 5.82 Å². The van der Waals surface area contributed by atoms with Crippen molar-refractivity contribution in [3.63, 3.8) is 0 Å². The molecule has 0 fully saturated rings. The molecule has 0 saturated heterocycles. The van der Waals surface area contributed by atoms with Gasteiger partial charge in [0.25, 0.3) is 0 Å². The van der Waals surface area contributed by atoms with Crippen molar-refractivity contribution in [3.8, 4) is 16.9 Å². The molecular formula is C24H28F2N4O4S. The van der Waals surface area contributed by atoms with E-state index in [0.29, 0.717) is 29.6 Å². The number of rotatable bonds is 10. The van der Waals surface area contributed by atoms with Gasteiger partial charge in [0, 0.05) is 36.7 Å². The molecule has 0 bridgehead atoms. The molecule has 11 heteroatoms. The Labute approximate surface area is 203 Å². The van der Waals surface area contributed by atoms with Gasteiger partial charge in [-0.3, -0.25) is 9.52 Å². The summed E-state index contributed by atoms with van der Waals surface area (Å²) in [6, 6.07) is 6.86. The van der Waals surface area contributed by atoms with Crippen LogP contribution in [0.2, 0.25) is 0 Å². The molecule has 3 rings (SSSR count). The molecule has 3 N–H and O–H groups in total. The summed E-state index contributed by atoms with van der Waals surface area (Å²) in [6.07, 6.45) is 1.90. The van der Waals surface area contributed by atoms with Crippen molar-refractivity contribution >= 4 is 38.2 Å². The Hall–Kier alpha value is -3.47. The molecule has 8 nitrogen and oxygen atoms in total. The number of anilines is 2. The number of aromatic nitrogens is 1. The van der Waals surface area contributed by atoms with Gasteiger partial charge in [0.2, 0.25) is 15.9 Å². The number of pyridine rings is 1. The third-order valence-electron chi connectivity index (χ3n) is 5.18. The van der Waals surface area contributed by atoms with Crippen LogP contribution in [0.5, 0.6) is 5.75 Å². The van der Waals surface area contributed by atoms with Crippen LogP contribution in [0.25, 0.3) is 21.9 Å². The first-order chi connectivity index (χ1) is 16.5. The zero-order valence-electron chi connectivity index (χ0n) is 19.9. The molecule has 0 spiro atoms. The number of nitrogens with zero attached hydrogens (tertiary/aromatic N) is 1. The molecular weight excluding hydrogens is 478 g/mol. The van der Waals surface area contributed by atoms with Gasteiger partial charge in [0.1, 0.15) is 17.4 Å². The molecule has 1 heterocycles. The summed E-state index contributed by atoms with van der Waals surface area (Å²) in [5, 5.41) is 7.20. The predicted molar refractivity (Wildman–Crippen MR) is 133 cm³/mol. The second-order valence-corrected chi connectivity index (χ2v) is 10.00. The van der Waals surface area contributed by atoms with E-state index in [9.17, 15) is 17.6 Å². The monoisotopic (exact) mass is 506 g/mol. The first-order valence-electron chi connectivity index (χ1n) is 11.0. The molecule has 0 saturated carbocycles. The number of benzene rings is 2. The Kier molecular flexibility index (Phi) is 8.11. The van der Waals surface area contributed by atoms with Crippen LogP contribution in [0.1, 0.15) is 27.2 Å². The Morgan fingerprint density at radius 3 is 2.57 bits per heavy atom. The summed E-state index contributed by atoms with van der Waals surface area (Å²) in [6.45, 7) is 5.43. The van der Waals surface area contributed by atoms with Gasteiger partial charge < -0.3 is 15.4 Å². The smallest absolute Gasteiger partial charge is 0.232 e. The molecule has 0 radical (unpaired) electrons. The summed E-state index contributed by atoms with van der Waals surface area (Å²) in [4.78, 5) is 15.5. The Balaban J connectivity index is 2.00. The van der Waals surface area contributed by atoms with Crippen molar-refractivity contribution < 1.29 is 26.7 Å². The van der Waals surface area contributed by atoms with Crippen molar-refractivity contribution in [2.24, 2.45) is 0 Å². The summed E-state index contributed by atoms with van der Waals surface area (Å²) in [5.41, 5.74) is -0.636. The number of hydrogen-bond acceptors (Lipinski definition) is 6. The lowest BCUT2D eigenvalue weighted by molar-refractivity contribution is -0.119. The number of nitrogens with one attached hydrogen (secondary N) is 3. The van der Waals surface area contributed by atoms with E-state index < -0.39 is 27.2 Å². The molecule has 0 aliphatic heterocycles. The molecule has 1 amide bonds. The van der Waals surface area contributed by atoms with Crippen LogP contribution in [0, 0.1) is 11.6 Å². The lowest BCUT2D eigenvalue weighted by atomic mass is 9.99. The fraction of sp³-hybridized carbons (Fsp3) is 0.333. The highest BCUT2D eigenvalue weighted by molar-refractivity contribution is 7.92. The lowest BCUT2D eigenvalue weighted by Gasteiger charge is -2.16. The van der Waals surface area contributed by atoms with Gasteiger partial charge in [-0.2, -0.15) is 0 Å². The van der Waals surface area contributed by atoms with Crippen LogP contribution < -0.4 is 20.1 Å². The van der Waals surface area contributed by atoms with Crippen LogP contribution in [0.3, 0.4) is 0 Å². The maximum Gasteiger partial charge on any atom is 0.232 e. The minimum atomic E-state index is -3.78. The average Bonchev–Trinajstić information content (AvgIpc) is 2.78. The molecule has 1 aromatic heterocycles. The van der Waals surface area contributed by atoms with Gasteiger partial charge in [-0.1, -0.05) is 6.92 Å². The van der Waals surface area contributed by atoms with Gasteiger partial charge in [-0.05, 0) is 49.1 Å². The van der Waals surface area contributed by atoms with E-state index >= 15 is 4.39 Å². The standard InChI is InChI=1S/C24H28F2N4O4S/c1-5-8-35(32,33)30-20-7-6-19(25)23(24(20)26)18-9-17-13-28-22(11-16(17)10-21(18)34-4)27-12-14(2)29-15(3)31/h6-7,9-11,13-14,30H,5,8,12H2,1-4H3,(H,27,28)(H,29,31)/t14-/m0/s1. The van der Waals surface area contributed by atoms with Crippen molar-refractivity contribution in [3.05, 3.63) is 48.2 Å². The topological polar surface area (TPSA) is 109 Å². The minimum absolute atomic E-state index is 0.116. The lowest BCUT2D eigenvalue weighted by Crippen LogP contribution is -2.35. The number of fused-ring (bicyclic) bond motifs is 1. The molecule has 2 aromatic carbocycles. The molecule has 0 aliphatic rings. The van der Waals surface area contributed by atoms with Gasteiger partial charge in [-0.15, -0.1) is 0 Å². The van der Waals surface area contributed by atoms with E-state index in [4.69, 9.17) is 4.74 Å². The van der Waals surface area contributed by atoms with E-state index in [1.807, 2.05) is 6.92 Å². The maximum atomic E-state index is 15.4. The predicted octanol–water partition coefficient (Wildman–Crippen LogP) is 4.28. The Morgan fingerprint density at radius 1 is 1.17 bits per heavy atom. The third-order valence-corrected chi connectivity index (χ3v) is 6.65. The summed E-state index contributed by atoms with van der Waals surface area (Å²) in [5.74, 6) is -1.48. The van der Waals surface area contributed by atoms with E-state index in [-0.39, 0.29) is 34.7 Å². The van der Waals surface area contributed by atoms with E-state index in [1.54, 1.807) is 25.3 Å². The number of carbonyl (C=O) groups is 1. The molecule has 35 heavy (non-hydrogen) atoms. The molecule has 0 unspecified atom stereocenters. The van der Waals surface area contributed by atoms with E-state index in [1.165, 1.54) is 20.1 Å². The summed E-state index contributed by atoms with van der Waals surface area (Å²) in [7, 11) is -2.40. The second-order valence-electron chi connectivity index (χ2n) is 8.16. The fourth-order valence-corrected chi connectivity index (χ4v) is 4.79. The molecule has 0 aliphatic carbocycles. The zero-order valence-corrected chi connectivity index (χ0v) is 20.7. The molecule has 1 atom stereocenters. The average molecular weight is 507 g/mol. The normalized spacial score (nSPS) is 12.3. The summed E-state index contributed by atoms with van der Waals surface area (Å²) >= 11 is 0. The van der Waals surface area contributed by atoms with Crippen LogP contribution in [-0.4, -0.2) is 44.8 Å². The number of ether oxygens (including phenoxy) is 1. The third kappa shape index (κ3) is 6.36. The largest absolute Gasteiger partial charge is 0.496 e. The number of methoxy groups -OCH3 is 1. The van der Waals surface area contributed by atoms with Crippen LogP contribution in [-0.2, 0) is 14.8 Å². The van der Waals surface area contributed by atoms with Crippen LogP contribution in [0.15, 0.2) is 36.5 Å². The second kappa shape index (κ2) is 10.9. The van der Waals surface area contributed by atoms with E-state index in [2.05, 4.69) is 20.3 Å². The van der Waals surface area contributed by atoms with E-state index in [0.717, 1.165) is 12.1 Å².